The summed E-state index contributed by atoms with van der Waals surface area (Å²) in [5.74, 6) is -0.189. The predicted molar refractivity (Wildman–Crippen MR) is 113 cm³/mol. The van der Waals surface area contributed by atoms with Crippen LogP contribution in [0.3, 0.4) is 0 Å². The zero-order valence-electron chi connectivity index (χ0n) is 17.6. The van der Waals surface area contributed by atoms with Gasteiger partial charge in [-0.2, -0.15) is 0 Å². The fourth-order valence-electron chi connectivity index (χ4n) is 4.75. The molecule has 2 heterocycles. The molecule has 4 rings (SSSR count). The number of nitrogens with one attached hydrogen (secondary N) is 1. The van der Waals surface area contributed by atoms with Crippen molar-refractivity contribution in [2.24, 2.45) is 0 Å². The fraction of sp³-hybridized carbons (Fsp3) is 0.619. The molecule has 164 valence electrons. The van der Waals surface area contributed by atoms with E-state index >= 15 is 0 Å². The maximum Gasteiger partial charge on any atom is 0.326 e. The Morgan fingerprint density at radius 1 is 1.00 bits per heavy atom. The Bertz CT molecular complexity index is 940. The van der Waals surface area contributed by atoms with Crippen LogP contribution in [0.4, 0.5) is 4.79 Å². The van der Waals surface area contributed by atoms with E-state index in [0.29, 0.717) is 37.4 Å². The van der Waals surface area contributed by atoms with Gasteiger partial charge in [0.25, 0.3) is 0 Å². The average Bonchev–Trinajstić information content (AvgIpc) is 2.75. The third-order valence-corrected chi connectivity index (χ3v) is 8.12. The van der Waals surface area contributed by atoms with E-state index in [4.69, 9.17) is 0 Å². The number of likely N-dealkylation sites (tertiary alicyclic amines) is 1. The quantitative estimate of drug-likeness (QED) is 0.769. The van der Waals surface area contributed by atoms with Crippen molar-refractivity contribution in [3.63, 3.8) is 0 Å². The summed E-state index contributed by atoms with van der Waals surface area (Å²) in [6, 6.07) is 4.69. The second kappa shape index (κ2) is 8.28. The first-order valence-corrected chi connectivity index (χ1v) is 12.2. The first-order valence-electron chi connectivity index (χ1n) is 10.7. The maximum absolute atomic E-state index is 12.9. The van der Waals surface area contributed by atoms with Crippen LogP contribution in [-0.2, 0) is 27.7 Å². The Labute approximate surface area is 178 Å². The van der Waals surface area contributed by atoms with Crippen LogP contribution in [0.15, 0.2) is 23.1 Å². The van der Waals surface area contributed by atoms with Gasteiger partial charge < -0.3 is 4.90 Å². The van der Waals surface area contributed by atoms with Gasteiger partial charge in [-0.05, 0) is 61.8 Å². The van der Waals surface area contributed by atoms with E-state index in [-0.39, 0.29) is 24.0 Å². The second-order valence-corrected chi connectivity index (χ2v) is 10.4. The Hall–Kier alpha value is -1.97. The molecule has 1 aromatic carbocycles. The molecule has 1 atom stereocenters. The van der Waals surface area contributed by atoms with Crippen molar-refractivity contribution in [2.75, 3.05) is 33.7 Å². The van der Waals surface area contributed by atoms with Gasteiger partial charge in [-0.3, -0.25) is 14.6 Å². The molecule has 30 heavy (non-hydrogen) atoms. The van der Waals surface area contributed by atoms with E-state index in [9.17, 15) is 18.0 Å². The third kappa shape index (κ3) is 4.10. The van der Waals surface area contributed by atoms with Crippen LogP contribution in [-0.4, -0.2) is 80.9 Å². The Kier molecular flexibility index (Phi) is 5.87. The van der Waals surface area contributed by atoms with Crippen LogP contribution in [0.1, 0.15) is 36.8 Å². The van der Waals surface area contributed by atoms with Crippen molar-refractivity contribution >= 4 is 22.0 Å². The topological polar surface area (TPSA) is 90.0 Å². The standard InChI is InChI=1S/C21H30N4O4S/c1-23-14-19(20(26)24(2)21(23)27)25-11-9-17(10-12-25)22-30(28,29)18-8-7-15-5-3-4-6-16(15)13-18/h7-8,13,17,19,22H,3-6,9-12,14H2,1-2H3. The normalized spacial score (nSPS) is 24.3. The number of hydrogen-bond donors (Lipinski definition) is 1. The van der Waals surface area contributed by atoms with E-state index in [0.717, 1.165) is 24.8 Å². The summed E-state index contributed by atoms with van der Waals surface area (Å²) in [6.07, 6.45) is 5.51. The van der Waals surface area contributed by atoms with Crippen molar-refractivity contribution in [1.82, 2.24) is 19.4 Å². The molecule has 1 unspecified atom stereocenters. The molecule has 0 spiro atoms. The third-order valence-electron chi connectivity index (χ3n) is 6.60. The first-order chi connectivity index (χ1) is 14.3. The number of imide groups is 1. The van der Waals surface area contributed by atoms with Crippen LogP contribution in [0, 0.1) is 0 Å². The lowest BCUT2D eigenvalue weighted by molar-refractivity contribution is -0.136. The molecule has 2 saturated heterocycles. The molecule has 1 aliphatic carbocycles. The van der Waals surface area contributed by atoms with Crippen LogP contribution >= 0.6 is 0 Å². The van der Waals surface area contributed by atoms with Gasteiger partial charge in [0.1, 0.15) is 6.04 Å². The van der Waals surface area contributed by atoms with Crippen molar-refractivity contribution in [3.8, 4) is 0 Å². The molecule has 2 aliphatic heterocycles. The average molecular weight is 435 g/mol. The molecule has 1 aromatic rings. The van der Waals surface area contributed by atoms with Crippen LogP contribution in [0.25, 0.3) is 0 Å². The van der Waals surface area contributed by atoms with Gasteiger partial charge in [-0.25, -0.2) is 17.9 Å². The number of benzene rings is 1. The number of urea groups is 1. The van der Waals surface area contributed by atoms with Crippen LogP contribution in [0.2, 0.25) is 0 Å². The summed E-state index contributed by atoms with van der Waals surface area (Å²) in [4.78, 5) is 29.6. The molecule has 9 heteroatoms. The van der Waals surface area contributed by atoms with Gasteiger partial charge in [-0.1, -0.05) is 6.07 Å². The Morgan fingerprint density at radius 3 is 2.37 bits per heavy atom. The van der Waals surface area contributed by atoms with E-state index in [2.05, 4.69) is 9.62 Å². The van der Waals surface area contributed by atoms with E-state index in [1.807, 2.05) is 12.1 Å². The molecule has 2 fully saturated rings. The number of nitrogens with zero attached hydrogens (tertiary/aromatic N) is 3. The summed E-state index contributed by atoms with van der Waals surface area (Å²) in [7, 11) is -0.369. The molecule has 3 aliphatic rings. The minimum Gasteiger partial charge on any atom is -0.325 e. The maximum atomic E-state index is 12.9. The number of piperidine rings is 1. The highest BCUT2D eigenvalue weighted by Crippen LogP contribution is 2.25. The monoisotopic (exact) mass is 434 g/mol. The molecular formula is C21H30N4O4S. The van der Waals surface area contributed by atoms with Gasteiger partial charge in [0.05, 0.1) is 4.90 Å². The number of carbonyl (C=O) groups excluding carboxylic acids is 2. The van der Waals surface area contributed by atoms with Crippen LogP contribution < -0.4 is 4.72 Å². The van der Waals surface area contributed by atoms with E-state index < -0.39 is 10.0 Å². The van der Waals surface area contributed by atoms with Gasteiger partial charge in [0, 0.05) is 39.8 Å². The number of hydrogen-bond acceptors (Lipinski definition) is 5. The molecule has 0 aromatic heterocycles. The zero-order chi connectivity index (χ0) is 21.5. The highest BCUT2D eigenvalue weighted by Gasteiger charge is 2.40. The number of carbonyl (C=O) groups is 2. The van der Waals surface area contributed by atoms with Gasteiger partial charge in [-0.15, -0.1) is 0 Å². The van der Waals surface area contributed by atoms with Crippen molar-refractivity contribution in [3.05, 3.63) is 29.3 Å². The largest absolute Gasteiger partial charge is 0.326 e. The second-order valence-electron chi connectivity index (χ2n) is 8.65. The molecule has 8 nitrogen and oxygen atoms in total. The molecule has 0 radical (unpaired) electrons. The highest BCUT2D eigenvalue weighted by atomic mass is 32.2. The number of rotatable bonds is 4. The fourth-order valence-corrected chi connectivity index (χ4v) is 6.11. The highest BCUT2D eigenvalue weighted by molar-refractivity contribution is 7.89. The van der Waals surface area contributed by atoms with E-state index in [1.54, 1.807) is 18.0 Å². The zero-order valence-corrected chi connectivity index (χ0v) is 18.5. The summed E-state index contributed by atoms with van der Waals surface area (Å²) in [5.41, 5.74) is 2.41. The summed E-state index contributed by atoms with van der Waals surface area (Å²) in [6.45, 7) is 1.60. The number of likely N-dealkylation sites (N-methyl/N-ethyl adjacent to an activating group) is 2. The van der Waals surface area contributed by atoms with Gasteiger partial charge >= 0.3 is 6.03 Å². The molecule has 0 saturated carbocycles. The Balaban J connectivity index is 1.37. The summed E-state index contributed by atoms with van der Waals surface area (Å²) >= 11 is 0. The number of fused-ring (bicyclic) bond motifs is 1. The number of amides is 3. The minimum atomic E-state index is -3.57. The van der Waals surface area contributed by atoms with Crippen molar-refractivity contribution < 1.29 is 18.0 Å². The SMILES string of the molecule is CN1CC(N2CCC(NS(=O)(=O)c3ccc4c(c3)CCCC4)CC2)C(=O)N(C)C1=O. The number of sulfonamides is 1. The summed E-state index contributed by atoms with van der Waals surface area (Å²) in [5, 5.41) is 0. The van der Waals surface area contributed by atoms with Crippen molar-refractivity contribution in [2.45, 2.75) is 55.5 Å². The number of aryl methyl sites for hydroxylation is 2. The van der Waals surface area contributed by atoms with Gasteiger partial charge in [0.15, 0.2) is 0 Å². The molecule has 0 bridgehead atoms. The molecule has 1 N–H and O–H groups in total. The smallest absolute Gasteiger partial charge is 0.325 e. The summed E-state index contributed by atoms with van der Waals surface area (Å²) < 4.78 is 28.7. The molecule has 3 amide bonds. The van der Waals surface area contributed by atoms with E-state index in [1.165, 1.54) is 23.9 Å². The minimum absolute atomic E-state index is 0.155. The Morgan fingerprint density at radius 2 is 1.67 bits per heavy atom. The lowest BCUT2D eigenvalue weighted by Crippen LogP contribution is -2.63. The lowest BCUT2D eigenvalue weighted by atomic mass is 9.92. The predicted octanol–water partition coefficient (Wildman–Crippen LogP) is 1.20. The lowest BCUT2D eigenvalue weighted by Gasteiger charge is -2.42. The van der Waals surface area contributed by atoms with Crippen molar-refractivity contribution in [1.29, 1.82) is 0 Å². The van der Waals surface area contributed by atoms with Crippen LogP contribution in [0.5, 0.6) is 0 Å². The first kappa shape index (κ1) is 21.3. The molecular weight excluding hydrogens is 404 g/mol. The van der Waals surface area contributed by atoms with Gasteiger partial charge in [0.2, 0.25) is 15.9 Å².